The van der Waals surface area contributed by atoms with E-state index in [2.05, 4.69) is 15.5 Å². The molecule has 4 aromatic rings. The fourth-order valence-electron chi connectivity index (χ4n) is 3.80. The number of fused-ring (bicyclic) bond motifs is 1. The zero-order valence-corrected chi connectivity index (χ0v) is 17.2. The monoisotopic (exact) mass is 440 g/mol. The summed E-state index contributed by atoms with van der Waals surface area (Å²) in [6.45, 7) is 0.553. The van der Waals surface area contributed by atoms with Crippen LogP contribution in [0.25, 0.3) is 27.9 Å². The lowest BCUT2D eigenvalue weighted by molar-refractivity contribution is 0.0673. The number of carbonyl (C=O) groups is 1. The molecule has 10 heteroatoms. The van der Waals surface area contributed by atoms with Gasteiger partial charge in [0.25, 0.3) is 0 Å². The van der Waals surface area contributed by atoms with E-state index in [1.165, 1.54) is 11.8 Å². The highest BCUT2D eigenvalue weighted by molar-refractivity contribution is 6.30. The van der Waals surface area contributed by atoms with Crippen LogP contribution in [-0.2, 0) is 4.74 Å². The standard InChI is InChI=1S/C21H17ClN4O5/c1-29-17-10-14-13(20(31-24-14)11-4-6-12(22)7-5-11)9-15(17)26-19(16-3-2-8-30-16)18(21(27)28)23-25-26/h4-7,9-10,16H,2-3,8H2,1H3,(H,27,28). The SMILES string of the molecule is COc1cc2noc(-c3ccc(Cl)cc3)c2cc1-n1nnc(C(=O)O)c1C1CCCO1. The van der Waals surface area contributed by atoms with Crippen molar-refractivity contribution < 1.29 is 23.9 Å². The molecule has 1 unspecified atom stereocenters. The number of halogens is 1. The number of nitrogens with zero attached hydrogens (tertiary/aromatic N) is 4. The van der Waals surface area contributed by atoms with Crippen LogP contribution in [0.1, 0.15) is 35.1 Å². The minimum Gasteiger partial charge on any atom is -0.494 e. The molecule has 0 saturated carbocycles. The zero-order chi connectivity index (χ0) is 21.5. The van der Waals surface area contributed by atoms with Crippen molar-refractivity contribution in [3.05, 3.63) is 52.8 Å². The Balaban J connectivity index is 1.72. The summed E-state index contributed by atoms with van der Waals surface area (Å²) in [5, 5.41) is 23.1. The van der Waals surface area contributed by atoms with E-state index >= 15 is 0 Å². The number of hydrogen-bond acceptors (Lipinski definition) is 7. The lowest BCUT2D eigenvalue weighted by Gasteiger charge is -2.15. The Kier molecular flexibility index (Phi) is 4.84. The Hall–Kier alpha value is -3.43. The molecule has 0 radical (unpaired) electrons. The Morgan fingerprint density at radius 2 is 2.10 bits per heavy atom. The second-order valence-corrected chi connectivity index (χ2v) is 7.54. The van der Waals surface area contributed by atoms with Gasteiger partial charge in [-0.25, -0.2) is 9.48 Å². The van der Waals surface area contributed by atoms with E-state index in [0.717, 1.165) is 12.0 Å². The zero-order valence-electron chi connectivity index (χ0n) is 16.4. The number of methoxy groups -OCH3 is 1. The van der Waals surface area contributed by atoms with Crippen LogP contribution in [0.5, 0.6) is 5.75 Å². The summed E-state index contributed by atoms with van der Waals surface area (Å²) in [7, 11) is 1.52. The summed E-state index contributed by atoms with van der Waals surface area (Å²) in [6.07, 6.45) is 1.10. The third-order valence-corrected chi connectivity index (χ3v) is 5.51. The second kappa shape index (κ2) is 7.68. The normalized spacial score (nSPS) is 16.1. The van der Waals surface area contributed by atoms with E-state index in [0.29, 0.717) is 51.8 Å². The molecule has 31 heavy (non-hydrogen) atoms. The van der Waals surface area contributed by atoms with E-state index < -0.39 is 12.1 Å². The van der Waals surface area contributed by atoms with E-state index in [1.54, 1.807) is 24.3 Å². The van der Waals surface area contributed by atoms with Crippen molar-refractivity contribution in [2.75, 3.05) is 13.7 Å². The van der Waals surface area contributed by atoms with Crippen molar-refractivity contribution >= 4 is 28.5 Å². The van der Waals surface area contributed by atoms with Gasteiger partial charge in [-0.15, -0.1) is 5.10 Å². The van der Waals surface area contributed by atoms with E-state index in [9.17, 15) is 9.90 Å². The van der Waals surface area contributed by atoms with Crippen molar-refractivity contribution in [1.82, 2.24) is 20.2 Å². The maximum absolute atomic E-state index is 11.8. The van der Waals surface area contributed by atoms with Gasteiger partial charge in [0.1, 0.15) is 28.8 Å². The molecule has 0 amide bonds. The van der Waals surface area contributed by atoms with Crippen molar-refractivity contribution in [2.45, 2.75) is 18.9 Å². The second-order valence-electron chi connectivity index (χ2n) is 7.10. The molecule has 2 aromatic carbocycles. The first kappa shape index (κ1) is 19.5. The molecule has 0 aliphatic carbocycles. The highest BCUT2D eigenvalue weighted by Crippen LogP contribution is 2.38. The van der Waals surface area contributed by atoms with Gasteiger partial charge in [-0.3, -0.25) is 0 Å². The number of aromatic carboxylic acids is 1. The fourth-order valence-corrected chi connectivity index (χ4v) is 3.93. The molecule has 1 N–H and O–H groups in total. The van der Waals surface area contributed by atoms with Crippen LogP contribution in [0.15, 0.2) is 40.9 Å². The number of hydrogen-bond donors (Lipinski definition) is 1. The van der Waals surface area contributed by atoms with Crippen molar-refractivity contribution in [2.24, 2.45) is 0 Å². The summed E-state index contributed by atoms with van der Waals surface area (Å²) >= 11 is 6.00. The predicted octanol–water partition coefficient (Wildman–Crippen LogP) is 4.29. The lowest BCUT2D eigenvalue weighted by atomic mass is 10.1. The van der Waals surface area contributed by atoms with Gasteiger partial charge in [-0.2, -0.15) is 0 Å². The topological polar surface area (TPSA) is 112 Å². The average molecular weight is 441 g/mol. The van der Waals surface area contributed by atoms with Gasteiger partial charge in [-0.1, -0.05) is 22.0 Å². The van der Waals surface area contributed by atoms with Crippen LogP contribution in [0.4, 0.5) is 0 Å². The molecule has 9 nitrogen and oxygen atoms in total. The number of ether oxygens (including phenoxy) is 2. The molecular formula is C21H17ClN4O5. The number of carboxylic acids is 1. The number of aromatic nitrogens is 4. The van der Waals surface area contributed by atoms with Crippen LogP contribution < -0.4 is 4.74 Å². The molecule has 2 aromatic heterocycles. The first-order chi connectivity index (χ1) is 15.1. The first-order valence-corrected chi connectivity index (χ1v) is 9.99. The van der Waals surface area contributed by atoms with Crippen LogP contribution in [0, 0.1) is 0 Å². The Morgan fingerprint density at radius 1 is 1.29 bits per heavy atom. The lowest BCUT2D eigenvalue weighted by Crippen LogP contribution is -2.12. The van der Waals surface area contributed by atoms with Gasteiger partial charge in [0.15, 0.2) is 11.5 Å². The largest absolute Gasteiger partial charge is 0.494 e. The van der Waals surface area contributed by atoms with Crippen LogP contribution in [0.3, 0.4) is 0 Å². The molecule has 0 bridgehead atoms. The fraction of sp³-hybridized carbons (Fsp3) is 0.238. The molecule has 0 spiro atoms. The molecule has 1 fully saturated rings. The maximum Gasteiger partial charge on any atom is 0.358 e. The summed E-state index contributed by atoms with van der Waals surface area (Å²) in [5.74, 6) is -0.166. The Morgan fingerprint density at radius 3 is 2.77 bits per heavy atom. The number of rotatable bonds is 5. The molecule has 1 aliphatic heterocycles. The maximum atomic E-state index is 11.8. The summed E-state index contributed by atoms with van der Waals surface area (Å²) in [4.78, 5) is 11.8. The Labute approximate surface area is 181 Å². The highest BCUT2D eigenvalue weighted by atomic mass is 35.5. The molecule has 158 valence electrons. The minimum atomic E-state index is -1.16. The van der Waals surface area contributed by atoms with Crippen LogP contribution in [-0.4, -0.2) is 44.9 Å². The van der Waals surface area contributed by atoms with Gasteiger partial charge in [-0.05, 0) is 43.2 Å². The molecule has 5 rings (SSSR count). The molecular weight excluding hydrogens is 424 g/mol. The molecule has 1 saturated heterocycles. The molecule has 1 atom stereocenters. The van der Waals surface area contributed by atoms with E-state index in [-0.39, 0.29) is 5.69 Å². The van der Waals surface area contributed by atoms with E-state index in [1.807, 2.05) is 12.1 Å². The van der Waals surface area contributed by atoms with Crippen molar-refractivity contribution in [1.29, 1.82) is 0 Å². The minimum absolute atomic E-state index is 0.141. The van der Waals surface area contributed by atoms with Crippen LogP contribution in [0.2, 0.25) is 5.02 Å². The molecule has 3 heterocycles. The third-order valence-electron chi connectivity index (χ3n) is 5.25. The first-order valence-electron chi connectivity index (χ1n) is 9.61. The number of carboxylic acid groups (broad SMARTS) is 1. The predicted molar refractivity (Wildman–Crippen MR) is 111 cm³/mol. The van der Waals surface area contributed by atoms with Gasteiger partial charge in [0, 0.05) is 23.3 Å². The summed E-state index contributed by atoms with van der Waals surface area (Å²) in [5.41, 5.74) is 2.14. The van der Waals surface area contributed by atoms with Crippen LogP contribution >= 0.6 is 11.6 Å². The van der Waals surface area contributed by atoms with Gasteiger partial charge in [0.2, 0.25) is 0 Å². The summed E-state index contributed by atoms with van der Waals surface area (Å²) < 4.78 is 18.4. The van der Waals surface area contributed by atoms with Gasteiger partial charge >= 0.3 is 5.97 Å². The highest BCUT2D eigenvalue weighted by Gasteiger charge is 2.31. The third kappa shape index (κ3) is 3.31. The quantitative estimate of drug-likeness (QED) is 0.489. The molecule has 1 aliphatic rings. The van der Waals surface area contributed by atoms with Gasteiger partial charge < -0.3 is 19.1 Å². The smallest absolute Gasteiger partial charge is 0.358 e. The number of benzene rings is 2. The van der Waals surface area contributed by atoms with Gasteiger partial charge in [0.05, 0.1) is 12.5 Å². The van der Waals surface area contributed by atoms with Crippen molar-refractivity contribution in [3.63, 3.8) is 0 Å². The summed E-state index contributed by atoms with van der Waals surface area (Å²) in [6, 6.07) is 10.7. The van der Waals surface area contributed by atoms with Crippen molar-refractivity contribution in [3.8, 4) is 22.8 Å². The Bertz CT molecular complexity index is 1280. The average Bonchev–Trinajstić information content (AvgIpc) is 3.51. The van der Waals surface area contributed by atoms with E-state index in [4.69, 9.17) is 25.6 Å².